The molecule has 0 bridgehead atoms. The van der Waals surface area contributed by atoms with Gasteiger partial charge >= 0.3 is 0 Å². The van der Waals surface area contributed by atoms with E-state index < -0.39 is 16.1 Å². The lowest BCUT2D eigenvalue weighted by molar-refractivity contribution is -0.131. The molecule has 1 aliphatic heterocycles. The first-order valence-corrected chi connectivity index (χ1v) is 8.44. The lowest BCUT2D eigenvalue weighted by Gasteiger charge is -2.26. The molecule has 0 aromatic carbocycles. The summed E-state index contributed by atoms with van der Waals surface area (Å²) in [4.78, 5) is 13.2. The zero-order valence-corrected chi connectivity index (χ0v) is 13.3. The SMILES string of the molecule is COCC(O)CN(C)C(=O)CCS(=O)(=O)N1CCOCC1. The van der Waals surface area contributed by atoms with Gasteiger partial charge in [-0.2, -0.15) is 4.31 Å². The largest absolute Gasteiger partial charge is 0.389 e. The molecule has 1 aliphatic rings. The first-order valence-electron chi connectivity index (χ1n) is 6.83. The molecule has 0 spiro atoms. The number of ether oxygens (including phenoxy) is 2. The molecule has 1 unspecified atom stereocenters. The average molecular weight is 324 g/mol. The van der Waals surface area contributed by atoms with Crippen molar-refractivity contribution in [2.24, 2.45) is 0 Å². The van der Waals surface area contributed by atoms with Crippen molar-refractivity contribution in [3.05, 3.63) is 0 Å². The molecule has 124 valence electrons. The summed E-state index contributed by atoms with van der Waals surface area (Å²) in [6, 6.07) is 0. The Bertz CT molecular complexity index is 421. The summed E-state index contributed by atoms with van der Waals surface area (Å²) in [5.41, 5.74) is 0. The number of likely N-dealkylation sites (N-methyl/N-ethyl adjacent to an activating group) is 1. The van der Waals surface area contributed by atoms with E-state index in [4.69, 9.17) is 9.47 Å². The number of methoxy groups -OCH3 is 1. The minimum absolute atomic E-state index is 0.101. The van der Waals surface area contributed by atoms with Gasteiger partial charge in [-0.05, 0) is 0 Å². The van der Waals surface area contributed by atoms with Gasteiger partial charge in [0.1, 0.15) is 0 Å². The van der Waals surface area contributed by atoms with E-state index in [0.717, 1.165) is 0 Å². The van der Waals surface area contributed by atoms with E-state index in [-0.39, 0.29) is 31.2 Å². The fourth-order valence-electron chi connectivity index (χ4n) is 2.02. The summed E-state index contributed by atoms with van der Waals surface area (Å²) < 4.78 is 35.4. The minimum Gasteiger partial charge on any atom is -0.389 e. The topological polar surface area (TPSA) is 96.4 Å². The highest BCUT2D eigenvalue weighted by Gasteiger charge is 2.25. The Labute approximate surface area is 125 Å². The van der Waals surface area contributed by atoms with Crippen molar-refractivity contribution in [2.75, 3.05) is 59.4 Å². The Morgan fingerprint density at radius 1 is 1.43 bits per heavy atom. The molecule has 0 aromatic heterocycles. The van der Waals surface area contributed by atoms with Crippen molar-refractivity contribution >= 4 is 15.9 Å². The molecule has 21 heavy (non-hydrogen) atoms. The first kappa shape index (κ1) is 18.3. The molecule has 1 rings (SSSR count). The van der Waals surface area contributed by atoms with Crippen LogP contribution in [0.4, 0.5) is 0 Å². The molecule has 0 aromatic rings. The predicted molar refractivity (Wildman–Crippen MR) is 76.3 cm³/mol. The van der Waals surface area contributed by atoms with Crippen LogP contribution in [0.25, 0.3) is 0 Å². The Hall–Kier alpha value is -0.740. The number of nitrogens with zero attached hydrogens (tertiary/aromatic N) is 2. The molecule has 1 amide bonds. The second kappa shape index (κ2) is 8.64. The van der Waals surface area contributed by atoms with Crippen molar-refractivity contribution in [3.8, 4) is 0 Å². The molecule has 0 radical (unpaired) electrons. The van der Waals surface area contributed by atoms with Crippen LogP contribution in [0.3, 0.4) is 0 Å². The van der Waals surface area contributed by atoms with Gasteiger partial charge in [-0.1, -0.05) is 0 Å². The highest BCUT2D eigenvalue weighted by molar-refractivity contribution is 7.89. The van der Waals surface area contributed by atoms with E-state index in [1.807, 2.05) is 0 Å². The zero-order valence-electron chi connectivity index (χ0n) is 12.5. The maximum atomic E-state index is 12.1. The maximum Gasteiger partial charge on any atom is 0.223 e. The Kier molecular flexibility index (Phi) is 7.53. The normalized spacial score (nSPS) is 18.4. The van der Waals surface area contributed by atoms with Crippen LogP contribution in [-0.4, -0.2) is 94.1 Å². The van der Waals surface area contributed by atoms with Crippen LogP contribution in [0.1, 0.15) is 6.42 Å². The van der Waals surface area contributed by atoms with E-state index in [9.17, 15) is 18.3 Å². The van der Waals surface area contributed by atoms with Crippen LogP contribution >= 0.6 is 0 Å². The summed E-state index contributed by atoms with van der Waals surface area (Å²) in [6.45, 7) is 1.68. The third kappa shape index (κ3) is 6.27. The zero-order chi connectivity index (χ0) is 15.9. The van der Waals surface area contributed by atoms with Crippen LogP contribution in [0, 0.1) is 0 Å². The summed E-state index contributed by atoms with van der Waals surface area (Å²) >= 11 is 0. The maximum absolute atomic E-state index is 12.1. The molecule has 1 heterocycles. The second-order valence-electron chi connectivity index (χ2n) is 4.96. The molecule has 1 atom stereocenters. The molecule has 9 heteroatoms. The van der Waals surface area contributed by atoms with Gasteiger partial charge in [-0.15, -0.1) is 0 Å². The number of morpholine rings is 1. The number of sulfonamides is 1. The first-order chi connectivity index (χ1) is 9.86. The lowest BCUT2D eigenvalue weighted by atomic mass is 10.3. The van der Waals surface area contributed by atoms with Gasteiger partial charge in [-0.3, -0.25) is 4.79 Å². The van der Waals surface area contributed by atoms with Crippen LogP contribution in [0.15, 0.2) is 0 Å². The number of amides is 1. The standard InChI is InChI=1S/C12H24N2O6S/c1-13(9-11(15)10-19-2)12(16)3-8-21(17,18)14-4-6-20-7-5-14/h11,15H,3-10H2,1-2H3. The quantitative estimate of drug-likeness (QED) is 0.584. The van der Waals surface area contributed by atoms with Gasteiger partial charge in [0.2, 0.25) is 15.9 Å². The van der Waals surface area contributed by atoms with Crippen LogP contribution in [0.5, 0.6) is 0 Å². The molecule has 0 saturated carbocycles. The molecular weight excluding hydrogens is 300 g/mol. The van der Waals surface area contributed by atoms with Gasteiger partial charge in [0.25, 0.3) is 0 Å². The number of hydrogen-bond acceptors (Lipinski definition) is 6. The minimum atomic E-state index is -3.43. The molecular formula is C12H24N2O6S. The number of hydrogen-bond donors (Lipinski definition) is 1. The summed E-state index contributed by atoms with van der Waals surface area (Å²) in [6.07, 6.45) is -0.879. The van der Waals surface area contributed by atoms with E-state index in [2.05, 4.69) is 0 Å². The van der Waals surface area contributed by atoms with Crippen LogP contribution in [0.2, 0.25) is 0 Å². The van der Waals surface area contributed by atoms with Crippen molar-refractivity contribution < 1.29 is 27.8 Å². The summed E-state index contributed by atoms with van der Waals surface area (Å²) in [5, 5.41) is 9.54. The fourth-order valence-corrected chi connectivity index (χ4v) is 3.42. The number of aliphatic hydroxyl groups is 1. The highest BCUT2D eigenvalue weighted by atomic mass is 32.2. The monoisotopic (exact) mass is 324 g/mol. The third-order valence-corrected chi connectivity index (χ3v) is 5.08. The Morgan fingerprint density at radius 2 is 2.05 bits per heavy atom. The van der Waals surface area contributed by atoms with E-state index >= 15 is 0 Å². The van der Waals surface area contributed by atoms with Gasteiger partial charge in [0.15, 0.2) is 0 Å². The molecule has 1 N–H and O–H groups in total. The lowest BCUT2D eigenvalue weighted by Crippen LogP contribution is -2.43. The summed E-state index contributed by atoms with van der Waals surface area (Å²) in [5.74, 6) is -0.543. The van der Waals surface area contributed by atoms with Crippen LogP contribution < -0.4 is 0 Å². The number of aliphatic hydroxyl groups excluding tert-OH is 1. The molecule has 0 aliphatic carbocycles. The number of rotatable bonds is 8. The molecule has 1 saturated heterocycles. The van der Waals surface area contributed by atoms with Crippen LogP contribution in [-0.2, 0) is 24.3 Å². The van der Waals surface area contributed by atoms with Crippen molar-refractivity contribution in [2.45, 2.75) is 12.5 Å². The third-order valence-electron chi connectivity index (χ3n) is 3.21. The number of carbonyl (C=O) groups is 1. The van der Waals surface area contributed by atoms with Crippen molar-refractivity contribution in [1.29, 1.82) is 0 Å². The van der Waals surface area contributed by atoms with Crippen molar-refractivity contribution in [1.82, 2.24) is 9.21 Å². The highest BCUT2D eigenvalue weighted by Crippen LogP contribution is 2.08. The van der Waals surface area contributed by atoms with Gasteiger partial charge in [0.05, 0.1) is 31.7 Å². The fraction of sp³-hybridized carbons (Fsp3) is 0.917. The smallest absolute Gasteiger partial charge is 0.223 e. The molecule has 8 nitrogen and oxygen atoms in total. The van der Waals surface area contributed by atoms with E-state index in [1.165, 1.54) is 23.4 Å². The molecule has 1 fully saturated rings. The Balaban J connectivity index is 2.40. The second-order valence-corrected chi connectivity index (χ2v) is 7.05. The van der Waals surface area contributed by atoms with Gasteiger partial charge < -0.3 is 19.5 Å². The predicted octanol–water partition coefficient (Wildman–Crippen LogP) is -1.50. The average Bonchev–Trinajstić information content (AvgIpc) is 2.46. The number of carbonyl (C=O) groups excluding carboxylic acids is 1. The summed E-state index contributed by atoms with van der Waals surface area (Å²) in [7, 11) is -0.443. The van der Waals surface area contributed by atoms with Crippen molar-refractivity contribution in [3.63, 3.8) is 0 Å². The van der Waals surface area contributed by atoms with E-state index in [0.29, 0.717) is 26.3 Å². The Morgan fingerprint density at radius 3 is 2.62 bits per heavy atom. The van der Waals surface area contributed by atoms with Gasteiger partial charge in [-0.25, -0.2) is 8.42 Å². The van der Waals surface area contributed by atoms with E-state index in [1.54, 1.807) is 0 Å². The van der Waals surface area contributed by atoms with Gasteiger partial charge in [0, 0.05) is 40.2 Å².